The van der Waals surface area contributed by atoms with Crippen LogP contribution < -0.4 is 4.90 Å². The number of nitrogens with zero attached hydrogens (tertiary/aromatic N) is 2. The van der Waals surface area contributed by atoms with Crippen molar-refractivity contribution in [3.8, 4) is 0 Å². The molecule has 1 aromatic rings. The number of amides is 3. The average Bonchev–Trinajstić information content (AvgIpc) is 2.89. The van der Waals surface area contributed by atoms with E-state index < -0.39 is 0 Å². The fourth-order valence-electron chi connectivity index (χ4n) is 3.01. The van der Waals surface area contributed by atoms with Crippen LogP contribution >= 0.6 is 11.8 Å². The fourth-order valence-corrected chi connectivity index (χ4v) is 3.88. The fraction of sp³-hybridized carbons (Fsp3) is 0.421. The first-order chi connectivity index (χ1) is 12.4. The Morgan fingerprint density at radius 2 is 1.85 bits per heavy atom. The molecule has 6 nitrogen and oxygen atoms in total. The van der Waals surface area contributed by atoms with Crippen LogP contribution in [0.2, 0.25) is 0 Å². The topological polar surface area (TPSA) is 62.1 Å². The summed E-state index contributed by atoms with van der Waals surface area (Å²) in [7, 11) is 2.11. The van der Waals surface area contributed by atoms with Crippen molar-refractivity contribution in [1.82, 2.24) is 9.80 Å². The number of hydrogen-bond donors (Lipinski definition) is 1. The van der Waals surface area contributed by atoms with Gasteiger partial charge in [0.25, 0.3) is 11.1 Å². The van der Waals surface area contributed by atoms with E-state index in [0.29, 0.717) is 4.91 Å². The minimum absolute atomic E-state index is 0.0130. The second-order valence-electron chi connectivity index (χ2n) is 6.83. The second kappa shape index (κ2) is 8.05. The third-order valence-electron chi connectivity index (χ3n) is 4.77. The van der Waals surface area contributed by atoms with Crippen molar-refractivity contribution in [3.05, 3.63) is 40.3 Å². The molecule has 0 unspecified atom stereocenters. The molecule has 0 radical (unpaired) electrons. The zero-order valence-electron chi connectivity index (χ0n) is 15.2. The number of benzene rings is 1. The van der Waals surface area contributed by atoms with Gasteiger partial charge in [0.1, 0.15) is 0 Å². The summed E-state index contributed by atoms with van der Waals surface area (Å²) < 4.78 is 0. The van der Waals surface area contributed by atoms with Gasteiger partial charge in [-0.15, -0.1) is 0 Å². The highest BCUT2D eigenvalue weighted by molar-refractivity contribution is 8.18. The van der Waals surface area contributed by atoms with E-state index in [0.717, 1.165) is 49.1 Å². The van der Waals surface area contributed by atoms with Crippen molar-refractivity contribution < 1.29 is 19.3 Å². The SMILES string of the molecule is Cc1ccc(/C=C2/SC(=O)N(CCC(=O)N3CC[NH+](C)CC3)C2=O)cc1. The third kappa shape index (κ3) is 4.34. The van der Waals surface area contributed by atoms with Crippen LogP contribution in [0.3, 0.4) is 0 Å². The summed E-state index contributed by atoms with van der Waals surface area (Å²) in [6.45, 7) is 5.49. The van der Waals surface area contributed by atoms with Crippen molar-refractivity contribution in [3.63, 3.8) is 0 Å². The van der Waals surface area contributed by atoms with Gasteiger partial charge in [0.15, 0.2) is 0 Å². The summed E-state index contributed by atoms with van der Waals surface area (Å²) in [4.78, 5) is 41.8. The molecule has 3 amide bonds. The largest absolute Gasteiger partial charge is 0.334 e. The van der Waals surface area contributed by atoms with E-state index in [1.165, 1.54) is 9.80 Å². The summed E-state index contributed by atoms with van der Waals surface area (Å²) in [5, 5.41) is -0.302. The van der Waals surface area contributed by atoms with Crippen molar-refractivity contribution >= 4 is 34.9 Å². The summed E-state index contributed by atoms with van der Waals surface area (Å²) in [6.07, 6.45) is 1.92. The van der Waals surface area contributed by atoms with Gasteiger partial charge in [0.05, 0.1) is 38.1 Å². The van der Waals surface area contributed by atoms with Gasteiger partial charge in [-0.2, -0.15) is 0 Å². The lowest BCUT2D eigenvalue weighted by Crippen LogP contribution is -3.12. The zero-order valence-corrected chi connectivity index (χ0v) is 16.0. The number of piperazine rings is 1. The van der Waals surface area contributed by atoms with Crippen LogP contribution in [-0.2, 0) is 9.59 Å². The highest BCUT2D eigenvalue weighted by atomic mass is 32.2. The van der Waals surface area contributed by atoms with E-state index in [9.17, 15) is 14.4 Å². The Balaban J connectivity index is 1.59. The first kappa shape index (κ1) is 18.7. The number of aryl methyl sites for hydroxylation is 1. The van der Waals surface area contributed by atoms with Gasteiger partial charge in [-0.3, -0.25) is 19.3 Å². The normalized spacial score (nSPS) is 20.3. The van der Waals surface area contributed by atoms with Crippen molar-refractivity contribution in [2.45, 2.75) is 13.3 Å². The Hall–Kier alpha value is -2.12. The first-order valence-electron chi connectivity index (χ1n) is 8.85. The maximum atomic E-state index is 12.5. The van der Waals surface area contributed by atoms with E-state index >= 15 is 0 Å². The Labute approximate surface area is 157 Å². The van der Waals surface area contributed by atoms with Gasteiger partial charge in [0.2, 0.25) is 5.91 Å². The number of nitrogens with one attached hydrogen (secondary N) is 1. The van der Waals surface area contributed by atoms with Gasteiger partial charge in [-0.1, -0.05) is 29.8 Å². The highest BCUT2D eigenvalue weighted by Gasteiger charge is 2.35. The molecule has 0 saturated carbocycles. The lowest BCUT2D eigenvalue weighted by Gasteiger charge is -2.30. The van der Waals surface area contributed by atoms with E-state index in [1.807, 2.05) is 36.1 Å². The molecule has 7 heteroatoms. The molecule has 0 atom stereocenters. The predicted octanol–water partition coefficient (Wildman–Crippen LogP) is 0.778. The maximum Gasteiger partial charge on any atom is 0.293 e. The molecule has 2 fully saturated rings. The number of likely N-dealkylation sites (N-methyl/N-ethyl adjacent to an activating group) is 1. The molecule has 1 N–H and O–H groups in total. The van der Waals surface area contributed by atoms with Crippen molar-refractivity contribution in [2.75, 3.05) is 39.8 Å². The van der Waals surface area contributed by atoms with E-state index in [2.05, 4.69) is 7.05 Å². The van der Waals surface area contributed by atoms with Gasteiger partial charge >= 0.3 is 0 Å². The molecule has 0 bridgehead atoms. The van der Waals surface area contributed by atoms with Gasteiger partial charge in [0, 0.05) is 13.0 Å². The zero-order chi connectivity index (χ0) is 18.7. The molecule has 0 aliphatic carbocycles. The smallest absolute Gasteiger partial charge is 0.293 e. The number of carbonyl (C=O) groups excluding carboxylic acids is 3. The lowest BCUT2D eigenvalue weighted by atomic mass is 10.1. The van der Waals surface area contributed by atoms with Crippen LogP contribution in [0.1, 0.15) is 17.5 Å². The molecular weight excluding hydrogens is 350 g/mol. The number of rotatable bonds is 4. The minimum Gasteiger partial charge on any atom is -0.334 e. The predicted molar refractivity (Wildman–Crippen MR) is 102 cm³/mol. The van der Waals surface area contributed by atoms with E-state index in [1.54, 1.807) is 6.08 Å². The molecule has 2 heterocycles. The Morgan fingerprint density at radius 3 is 2.50 bits per heavy atom. The van der Waals surface area contributed by atoms with E-state index in [4.69, 9.17) is 0 Å². The van der Waals surface area contributed by atoms with Crippen molar-refractivity contribution in [1.29, 1.82) is 0 Å². The number of imide groups is 1. The number of carbonyl (C=O) groups is 3. The molecule has 3 rings (SSSR count). The van der Waals surface area contributed by atoms with Crippen LogP contribution in [0.5, 0.6) is 0 Å². The van der Waals surface area contributed by atoms with E-state index in [-0.39, 0.29) is 30.0 Å². The Kier molecular flexibility index (Phi) is 5.78. The summed E-state index contributed by atoms with van der Waals surface area (Å²) in [6, 6.07) is 7.77. The number of hydrogen-bond acceptors (Lipinski definition) is 4. The molecule has 2 aliphatic heterocycles. The molecule has 0 spiro atoms. The Morgan fingerprint density at radius 1 is 1.19 bits per heavy atom. The minimum atomic E-state index is -0.309. The Bertz CT molecular complexity index is 737. The lowest BCUT2D eigenvalue weighted by molar-refractivity contribution is -0.883. The molecule has 26 heavy (non-hydrogen) atoms. The third-order valence-corrected chi connectivity index (χ3v) is 5.68. The molecular formula is C19H24N3O3S+. The quantitative estimate of drug-likeness (QED) is 0.791. The van der Waals surface area contributed by atoms with Crippen LogP contribution in [0.15, 0.2) is 29.2 Å². The summed E-state index contributed by atoms with van der Waals surface area (Å²) >= 11 is 0.939. The summed E-state index contributed by atoms with van der Waals surface area (Å²) in [5.74, 6) is -0.296. The highest BCUT2D eigenvalue weighted by Crippen LogP contribution is 2.32. The number of quaternary nitrogens is 1. The molecule has 2 aliphatic rings. The number of thioether (sulfide) groups is 1. The standard InChI is InChI=1S/C19H23N3O3S/c1-14-3-5-15(6-4-14)13-16-18(24)22(19(25)26-16)8-7-17(23)21-11-9-20(2)10-12-21/h3-6,13H,7-12H2,1-2H3/p+1/b16-13+. The molecule has 2 saturated heterocycles. The van der Waals surface area contributed by atoms with Gasteiger partial charge < -0.3 is 9.80 Å². The van der Waals surface area contributed by atoms with Crippen LogP contribution in [0.4, 0.5) is 4.79 Å². The molecule has 138 valence electrons. The van der Waals surface area contributed by atoms with Crippen LogP contribution in [0.25, 0.3) is 6.08 Å². The summed E-state index contributed by atoms with van der Waals surface area (Å²) in [5.41, 5.74) is 2.02. The second-order valence-corrected chi connectivity index (χ2v) is 7.83. The molecule has 0 aromatic heterocycles. The van der Waals surface area contributed by atoms with Crippen molar-refractivity contribution in [2.24, 2.45) is 0 Å². The van der Waals surface area contributed by atoms with Gasteiger partial charge in [-0.05, 0) is 30.3 Å². The monoisotopic (exact) mass is 374 g/mol. The first-order valence-corrected chi connectivity index (χ1v) is 9.67. The van der Waals surface area contributed by atoms with Gasteiger partial charge in [-0.25, -0.2) is 0 Å². The van der Waals surface area contributed by atoms with Crippen LogP contribution in [-0.4, -0.2) is 66.6 Å². The maximum absolute atomic E-state index is 12.5. The van der Waals surface area contributed by atoms with Crippen LogP contribution in [0, 0.1) is 6.92 Å². The average molecular weight is 374 g/mol. The molecule has 1 aromatic carbocycles.